The van der Waals surface area contributed by atoms with Crippen molar-refractivity contribution < 1.29 is 9.59 Å². The molecule has 1 aromatic carbocycles. The maximum Gasteiger partial charge on any atom is 0.227 e. The zero-order chi connectivity index (χ0) is 18.4. The lowest BCUT2D eigenvalue weighted by Gasteiger charge is -2.32. The quantitative estimate of drug-likeness (QED) is 0.791. The van der Waals surface area contributed by atoms with Crippen LogP contribution in [-0.2, 0) is 9.59 Å². The van der Waals surface area contributed by atoms with E-state index in [0.717, 1.165) is 68.6 Å². The zero-order valence-electron chi connectivity index (χ0n) is 15.3. The predicted molar refractivity (Wildman–Crippen MR) is 107 cm³/mol. The summed E-state index contributed by atoms with van der Waals surface area (Å²) in [6.45, 7) is 4.46. The van der Waals surface area contributed by atoms with E-state index in [1.807, 2.05) is 29.2 Å². The van der Waals surface area contributed by atoms with Crippen molar-refractivity contribution in [2.24, 2.45) is 5.92 Å². The van der Waals surface area contributed by atoms with Crippen molar-refractivity contribution in [2.45, 2.75) is 38.5 Å². The van der Waals surface area contributed by atoms with Crippen molar-refractivity contribution in [3.8, 4) is 0 Å². The molecule has 1 aromatic rings. The molecule has 0 aromatic heterocycles. The summed E-state index contributed by atoms with van der Waals surface area (Å²) in [4.78, 5) is 29.0. The maximum atomic E-state index is 12.4. The molecule has 2 amide bonds. The van der Waals surface area contributed by atoms with Gasteiger partial charge in [-0.2, -0.15) is 0 Å². The van der Waals surface area contributed by atoms with Gasteiger partial charge in [0.1, 0.15) is 0 Å². The molecule has 5 nitrogen and oxygen atoms in total. The highest BCUT2D eigenvalue weighted by Crippen LogP contribution is 2.21. The number of anilines is 1. The Bertz CT molecular complexity index is 606. The zero-order valence-corrected chi connectivity index (χ0v) is 16.8. The van der Waals surface area contributed by atoms with Crippen molar-refractivity contribution in [2.75, 3.05) is 38.0 Å². The van der Waals surface area contributed by atoms with E-state index in [1.54, 1.807) is 0 Å². The SMILES string of the molecule is O=C(Nc1ccc(Br)cc1)C1CCN(CCC(=O)N2CCCCC2)CC1. The second-order valence-corrected chi connectivity index (χ2v) is 8.22. The average Bonchev–Trinajstić information content (AvgIpc) is 2.69. The largest absolute Gasteiger partial charge is 0.343 e. The van der Waals surface area contributed by atoms with Gasteiger partial charge >= 0.3 is 0 Å². The van der Waals surface area contributed by atoms with Crippen LogP contribution in [0.4, 0.5) is 5.69 Å². The number of nitrogens with one attached hydrogen (secondary N) is 1. The topological polar surface area (TPSA) is 52.7 Å². The van der Waals surface area contributed by atoms with Crippen LogP contribution in [0, 0.1) is 5.92 Å². The third kappa shape index (κ3) is 5.55. The summed E-state index contributed by atoms with van der Waals surface area (Å²) in [6.07, 6.45) is 5.87. The molecule has 2 aliphatic heterocycles. The van der Waals surface area contributed by atoms with Crippen LogP contribution >= 0.6 is 15.9 Å². The second kappa shape index (κ2) is 9.51. The number of piperidine rings is 2. The molecular formula is C20H28BrN3O2. The number of hydrogen-bond donors (Lipinski definition) is 1. The Labute approximate surface area is 164 Å². The Morgan fingerprint density at radius 1 is 1.00 bits per heavy atom. The van der Waals surface area contributed by atoms with Gasteiger partial charge in [0.25, 0.3) is 0 Å². The fourth-order valence-electron chi connectivity index (χ4n) is 3.75. The molecular weight excluding hydrogens is 394 g/mol. The van der Waals surface area contributed by atoms with Crippen LogP contribution in [0.5, 0.6) is 0 Å². The molecule has 26 heavy (non-hydrogen) atoms. The molecule has 1 N–H and O–H groups in total. The van der Waals surface area contributed by atoms with Gasteiger partial charge in [-0.3, -0.25) is 9.59 Å². The van der Waals surface area contributed by atoms with Gasteiger partial charge in [0, 0.05) is 42.1 Å². The Hall–Kier alpha value is -1.40. The van der Waals surface area contributed by atoms with E-state index in [9.17, 15) is 9.59 Å². The number of halogens is 1. The lowest BCUT2D eigenvalue weighted by Crippen LogP contribution is -2.41. The van der Waals surface area contributed by atoms with Crippen molar-refractivity contribution in [3.05, 3.63) is 28.7 Å². The number of likely N-dealkylation sites (tertiary alicyclic amines) is 2. The molecule has 2 heterocycles. The molecule has 0 aliphatic carbocycles. The Balaban J connectivity index is 1.37. The van der Waals surface area contributed by atoms with Gasteiger partial charge in [-0.15, -0.1) is 0 Å². The van der Waals surface area contributed by atoms with Crippen LogP contribution in [0.25, 0.3) is 0 Å². The van der Waals surface area contributed by atoms with Gasteiger partial charge in [-0.05, 0) is 69.5 Å². The smallest absolute Gasteiger partial charge is 0.227 e. The number of rotatable bonds is 5. The number of carbonyl (C=O) groups excluding carboxylic acids is 2. The van der Waals surface area contributed by atoms with E-state index in [4.69, 9.17) is 0 Å². The van der Waals surface area contributed by atoms with E-state index in [1.165, 1.54) is 6.42 Å². The maximum absolute atomic E-state index is 12.4. The molecule has 0 unspecified atom stereocenters. The number of hydrogen-bond acceptors (Lipinski definition) is 3. The van der Waals surface area contributed by atoms with Crippen molar-refractivity contribution >= 4 is 33.4 Å². The first-order valence-corrected chi connectivity index (χ1v) is 10.5. The molecule has 2 fully saturated rings. The van der Waals surface area contributed by atoms with Crippen LogP contribution < -0.4 is 5.32 Å². The fourth-order valence-corrected chi connectivity index (χ4v) is 4.02. The minimum Gasteiger partial charge on any atom is -0.343 e. The number of amides is 2. The highest BCUT2D eigenvalue weighted by molar-refractivity contribution is 9.10. The van der Waals surface area contributed by atoms with Gasteiger partial charge < -0.3 is 15.1 Å². The monoisotopic (exact) mass is 421 g/mol. The normalized spacial score (nSPS) is 19.3. The molecule has 0 saturated carbocycles. The summed E-state index contributed by atoms with van der Waals surface area (Å²) in [7, 11) is 0. The summed E-state index contributed by atoms with van der Waals surface area (Å²) in [5.74, 6) is 0.462. The van der Waals surface area contributed by atoms with Gasteiger partial charge in [-0.1, -0.05) is 15.9 Å². The molecule has 0 radical (unpaired) electrons. The lowest BCUT2D eigenvalue weighted by molar-refractivity contribution is -0.132. The van der Waals surface area contributed by atoms with Crippen LogP contribution in [0.2, 0.25) is 0 Å². The van der Waals surface area contributed by atoms with Crippen molar-refractivity contribution in [1.29, 1.82) is 0 Å². The molecule has 6 heteroatoms. The molecule has 142 valence electrons. The standard InChI is InChI=1S/C20H28BrN3O2/c21-17-4-6-18(7-5-17)22-20(26)16-8-13-23(14-9-16)15-10-19(25)24-11-2-1-3-12-24/h4-7,16H,1-3,8-15H2,(H,22,26). The summed E-state index contributed by atoms with van der Waals surface area (Å²) >= 11 is 3.40. The van der Waals surface area contributed by atoms with E-state index in [0.29, 0.717) is 12.3 Å². The van der Waals surface area contributed by atoms with Gasteiger partial charge in [-0.25, -0.2) is 0 Å². The molecule has 0 atom stereocenters. The Kier molecular flexibility index (Phi) is 7.08. The molecule has 2 aliphatic rings. The van der Waals surface area contributed by atoms with E-state index in [2.05, 4.69) is 26.1 Å². The summed E-state index contributed by atoms with van der Waals surface area (Å²) in [5.41, 5.74) is 0.841. The highest BCUT2D eigenvalue weighted by Gasteiger charge is 2.25. The average molecular weight is 422 g/mol. The van der Waals surface area contributed by atoms with Crippen LogP contribution in [-0.4, -0.2) is 54.3 Å². The minimum absolute atomic E-state index is 0.0627. The Morgan fingerprint density at radius 3 is 2.31 bits per heavy atom. The van der Waals surface area contributed by atoms with Gasteiger partial charge in [0.15, 0.2) is 0 Å². The van der Waals surface area contributed by atoms with Crippen LogP contribution in [0.15, 0.2) is 28.7 Å². The molecule has 0 bridgehead atoms. The summed E-state index contributed by atoms with van der Waals surface area (Å²) < 4.78 is 1.00. The lowest BCUT2D eigenvalue weighted by atomic mass is 9.95. The first kappa shape index (κ1) is 19.4. The number of benzene rings is 1. The third-order valence-corrected chi connectivity index (χ3v) is 5.95. The van der Waals surface area contributed by atoms with Crippen LogP contribution in [0.1, 0.15) is 38.5 Å². The molecule has 3 rings (SSSR count). The first-order chi connectivity index (χ1) is 12.6. The summed E-state index contributed by atoms with van der Waals surface area (Å²) in [5, 5.41) is 3.01. The third-order valence-electron chi connectivity index (χ3n) is 5.42. The van der Waals surface area contributed by atoms with Crippen LogP contribution in [0.3, 0.4) is 0 Å². The van der Waals surface area contributed by atoms with E-state index >= 15 is 0 Å². The van der Waals surface area contributed by atoms with Crippen molar-refractivity contribution in [3.63, 3.8) is 0 Å². The van der Waals surface area contributed by atoms with Crippen molar-refractivity contribution in [1.82, 2.24) is 9.80 Å². The Morgan fingerprint density at radius 2 is 1.65 bits per heavy atom. The first-order valence-electron chi connectivity index (χ1n) is 9.68. The highest BCUT2D eigenvalue weighted by atomic mass is 79.9. The van der Waals surface area contributed by atoms with E-state index in [-0.39, 0.29) is 11.8 Å². The van der Waals surface area contributed by atoms with E-state index < -0.39 is 0 Å². The number of nitrogens with zero attached hydrogens (tertiary/aromatic N) is 2. The van der Waals surface area contributed by atoms with Gasteiger partial charge in [0.05, 0.1) is 0 Å². The number of carbonyl (C=O) groups is 2. The minimum atomic E-state index is 0.0627. The second-order valence-electron chi connectivity index (χ2n) is 7.30. The molecule has 2 saturated heterocycles. The summed E-state index contributed by atoms with van der Waals surface area (Å²) in [6, 6.07) is 7.67. The fraction of sp³-hybridized carbons (Fsp3) is 0.600. The molecule has 0 spiro atoms. The van der Waals surface area contributed by atoms with Gasteiger partial charge in [0.2, 0.25) is 11.8 Å². The predicted octanol–water partition coefficient (Wildman–Crippen LogP) is 3.50.